The Balaban J connectivity index is 1.92. The van der Waals surface area contributed by atoms with Crippen LogP contribution in [0.3, 0.4) is 0 Å². The molecule has 0 aliphatic heterocycles. The van der Waals surface area contributed by atoms with Crippen LogP contribution in [-0.2, 0) is 7.05 Å². The van der Waals surface area contributed by atoms with Crippen molar-refractivity contribution < 1.29 is 0 Å². The van der Waals surface area contributed by atoms with E-state index < -0.39 is 0 Å². The first-order chi connectivity index (χ1) is 11.5. The molecule has 0 aliphatic rings. The maximum Gasteiger partial charge on any atom is 0.120 e. The van der Waals surface area contributed by atoms with E-state index in [2.05, 4.69) is 15.2 Å². The van der Waals surface area contributed by atoms with Crippen LogP contribution < -0.4 is 0 Å². The van der Waals surface area contributed by atoms with Crippen LogP contribution in [0.4, 0.5) is 0 Å². The molecule has 0 bridgehead atoms. The molecular weight excluding hydrogens is 345 g/mol. The Kier molecular flexibility index (Phi) is 3.55. The van der Waals surface area contributed by atoms with Crippen LogP contribution in [0.25, 0.3) is 28.0 Å². The summed E-state index contributed by atoms with van der Waals surface area (Å²) < 4.78 is 3.49. The number of aromatic nitrogens is 5. The van der Waals surface area contributed by atoms with Gasteiger partial charge in [0, 0.05) is 30.7 Å². The van der Waals surface area contributed by atoms with E-state index in [1.807, 2.05) is 50.5 Å². The van der Waals surface area contributed by atoms with Crippen molar-refractivity contribution in [2.75, 3.05) is 0 Å². The molecule has 3 aromatic heterocycles. The second-order valence-electron chi connectivity index (χ2n) is 5.53. The van der Waals surface area contributed by atoms with Crippen LogP contribution >= 0.6 is 23.2 Å². The minimum atomic E-state index is 0.586. The Morgan fingerprint density at radius 2 is 1.92 bits per heavy atom. The zero-order valence-corrected chi connectivity index (χ0v) is 14.5. The van der Waals surface area contributed by atoms with Crippen LogP contribution in [0, 0.1) is 6.92 Å². The minimum absolute atomic E-state index is 0.586. The summed E-state index contributed by atoms with van der Waals surface area (Å²) in [5, 5.41) is 10.0. The summed E-state index contributed by atoms with van der Waals surface area (Å²) in [6.45, 7) is 1.91. The molecule has 0 unspecified atom stereocenters. The van der Waals surface area contributed by atoms with E-state index in [1.54, 1.807) is 15.6 Å². The van der Waals surface area contributed by atoms with Crippen molar-refractivity contribution in [3.8, 4) is 16.9 Å². The largest absolute Gasteiger partial charge is 0.264 e. The smallest absolute Gasteiger partial charge is 0.120 e. The molecule has 0 atom stereocenters. The summed E-state index contributed by atoms with van der Waals surface area (Å²) in [7, 11) is 1.85. The van der Waals surface area contributed by atoms with Gasteiger partial charge in [-0.2, -0.15) is 10.2 Å². The molecule has 5 nitrogen and oxygen atoms in total. The van der Waals surface area contributed by atoms with Crippen LogP contribution in [0.15, 0.2) is 42.7 Å². The van der Waals surface area contributed by atoms with Gasteiger partial charge in [-0.25, -0.2) is 9.67 Å². The average Bonchev–Trinajstić information content (AvgIpc) is 3.15. The lowest BCUT2D eigenvalue weighted by molar-refractivity contribution is 0.800. The zero-order valence-electron chi connectivity index (χ0n) is 13.0. The highest BCUT2D eigenvalue weighted by Gasteiger charge is 2.18. The molecule has 7 heteroatoms. The molecule has 24 heavy (non-hydrogen) atoms. The number of halogens is 2. The van der Waals surface area contributed by atoms with E-state index >= 15 is 0 Å². The van der Waals surface area contributed by atoms with Crippen molar-refractivity contribution in [3.05, 3.63) is 58.5 Å². The quantitative estimate of drug-likeness (QED) is 0.532. The molecule has 0 aliphatic carbocycles. The normalized spacial score (nSPS) is 11.3. The van der Waals surface area contributed by atoms with Crippen molar-refractivity contribution in [2.45, 2.75) is 6.92 Å². The second-order valence-corrected chi connectivity index (χ2v) is 6.34. The number of aryl methyl sites for hydroxylation is 2. The number of fused-ring (bicyclic) bond motifs is 1. The minimum Gasteiger partial charge on any atom is -0.264 e. The Labute approximate surface area is 148 Å². The molecule has 120 valence electrons. The fourth-order valence-electron chi connectivity index (χ4n) is 2.79. The van der Waals surface area contributed by atoms with Crippen molar-refractivity contribution >= 4 is 34.2 Å². The van der Waals surface area contributed by atoms with Crippen LogP contribution in [0.1, 0.15) is 5.69 Å². The van der Waals surface area contributed by atoms with Gasteiger partial charge in [0.05, 0.1) is 15.7 Å². The number of hydrogen-bond donors (Lipinski definition) is 0. The molecule has 0 amide bonds. The fraction of sp³-hybridized carbons (Fsp3) is 0.118. The van der Waals surface area contributed by atoms with Crippen molar-refractivity contribution in [1.29, 1.82) is 0 Å². The Bertz CT molecular complexity index is 1050. The Hall–Kier alpha value is -2.37. The Morgan fingerprint density at radius 3 is 2.62 bits per heavy atom. The van der Waals surface area contributed by atoms with Gasteiger partial charge in [0.1, 0.15) is 16.7 Å². The third-order valence-corrected chi connectivity index (χ3v) is 4.45. The molecule has 0 saturated carbocycles. The van der Waals surface area contributed by atoms with Crippen LogP contribution in [-0.4, -0.2) is 24.5 Å². The molecule has 1 aromatic carbocycles. The maximum atomic E-state index is 6.52. The Morgan fingerprint density at radius 1 is 1.08 bits per heavy atom. The van der Waals surface area contributed by atoms with E-state index in [-0.39, 0.29) is 0 Å². The van der Waals surface area contributed by atoms with E-state index in [1.165, 1.54) is 0 Å². The van der Waals surface area contributed by atoms with Gasteiger partial charge in [-0.15, -0.1) is 0 Å². The predicted molar refractivity (Wildman–Crippen MR) is 95.8 cm³/mol. The maximum absolute atomic E-state index is 6.52. The van der Waals surface area contributed by atoms with Gasteiger partial charge in [-0.05, 0) is 37.3 Å². The summed E-state index contributed by atoms with van der Waals surface area (Å²) in [5.74, 6) is 0. The van der Waals surface area contributed by atoms with E-state index in [0.717, 1.165) is 33.7 Å². The van der Waals surface area contributed by atoms with Gasteiger partial charge >= 0.3 is 0 Å². The van der Waals surface area contributed by atoms with E-state index in [4.69, 9.17) is 23.2 Å². The van der Waals surface area contributed by atoms with E-state index in [9.17, 15) is 0 Å². The van der Waals surface area contributed by atoms with Crippen LogP contribution in [0.5, 0.6) is 0 Å². The van der Waals surface area contributed by atoms with Crippen molar-refractivity contribution in [2.24, 2.45) is 7.05 Å². The van der Waals surface area contributed by atoms with Gasteiger partial charge in [-0.1, -0.05) is 23.2 Å². The number of benzene rings is 1. The van der Waals surface area contributed by atoms with Crippen molar-refractivity contribution in [1.82, 2.24) is 24.5 Å². The van der Waals surface area contributed by atoms with Crippen LogP contribution in [0.2, 0.25) is 10.0 Å². The van der Waals surface area contributed by atoms with Gasteiger partial charge in [0.2, 0.25) is 0 Å². The van der Waals surface area contributed by atoms with Gasteiger partial charge < -0.3 is 0 Å². The topological polar surface area (TPSA) is 48.5 Å². The standard InChI is InChI=1S/C17H13Cl2N5/c1-10-8-14(19)17-16(21-10)15(22-23(17)2)12-5-4-11(9-13(12)18)24-7-3-6-20-24/h3-9H,1-2H3. The predicted octanol–water partition coefficient (Wildman–Crippen LogP) is 4.44. The fourth-order valence-corrected chi connectivity index (χ4v) is 3.42. The number of nitrogens with zero attached hydrogens (tertiary/aromatic N) is 5. The van der Waals surface area contributed by atoms with Gasteiger partial charge in [-0.3, -0.25) is 4.68 Å². The monoisotopic (exact) mass is 357 g/mol. The molecule has 0 N–H and O–H groups in total. The van der Waals surface area contributed by atoms with Crippen molar-refractivity contribution in [3.63, 3.8) is 0 Å². The first-order valence-corrected chi connectivity index (χ1v) is 8.10. The van der Waals surface area contributed by atoms with Gasteiger partial charge in [0.15, 0.2) is 0 Å². The molecule has 4 aromatic rings. The van der Waals surface area contributed by atoms with E-state index in [0.29, 0.717) is 10.0 Å². The lowest BCUT2D eigenvalue weighted by Crippen LogP contribution is -1.95. The highest BCUT2D eigenvalue weighted by atomic mass is 35.5. The highest BCUT2D eigenvalue weighted by Crippen LogP contribution is 2.35. The van der Waals surface area contributed by atoms with Gasteiger partial charge in [0.25, 0.3) is 0 Å². The molecule has 4 rings (SSSR count). The third-order valence-electron chi connectivity index (χ3n) is 3.85. The summed E-state index contributed by atoms with van der Waals surface area (Å²) in [6.07, 6.45) is 3.59. The first kappa shape index (κ1) is 15.2. The third kappa shape index (κ3) is 2.37. The highest BCUT2D eigenvalue weighted by molar-refractivity contribution is 6.36. The number of rotatable bonds is 2. The second kappa shape index (κ2) is 5.61. The first-order valence-electron chi connectivity index (χ1n) is 7.34. The summed E-state index contributed by atoms with van der Waals surface area (Å²) >= 11 is 12.9. The summed E-state index contributed by atoms with van der Waals surface area (Å²) in [6, 6.07) is 9.44. The molecule has 0 spiro atoms. The molecule has 0 fully saturated rings. The lowest BCUT2D eigenvalue weighted by Gasteiger charge is -2.06. The summed E-state index contributed by atoms with van der Waals surface area (Å²) in [5.41, 5.74) is 4.80. The average molecular weight is 358 g/mol. The number of hydrogen-bond acceptors (Lipinski definition) is 3. The lowest BCUT2D eigenvalue weighted by atomic mass is 10.1. The summed E-state index contributed by atoms with van der Waals surface area (Å²) in [4.78, 5) is 4.60. The zero-order chi connectivity index (χ0) is 16.8. The molecule has 0 radical (unpaired) electrons. The molecular formula is C17H13Cl2N5. The molecule has 0 saturated heterocycles. The molecule has 3 heterocycles. The SMILES string of the molecule is Cc1cc(Cl)c2c(n1)c(-c1ccc(-n3cccn3)cc1Cl)nn2C. The number of pyridine rings is 1.